The van der Waals surface area contributed by atoms with Crippen LogP contribution in [0, 0.1) is 6.92 Å². The van der Waals surface area contributed by atoms with E-state index in [0.29, 0.717) is 12.1 Å². The lowest BCUT2D eigenvalue weighted by Crippen LogP contribution is -2.28. The molecular formula is C17H14Cl2N2O2. The summed E-state index contributed by atoms with van der Waals surface area (Å²) in [6.07, 6.45) is 0. The highest BCUT2D eigenvalue weighted by Gasteiger charge is 2.35. The summed E-state index contributed by atoms with van der Waals surface area (Å²) < 4.78 is 0. The van der Waals surface area contributed by atoms with Crippen LogP contribution in [0.1, 0.15) is 18.2 Å². The summed E-state index contributed by atoms with van der Waals surface area (Å²) in [4.78, 5) is 28.4. The molecule has 0 fully saturated rings. The molecule has 0 atom stereocenters. The molecule has 1 aromatic carbocycles. The average Bonchev–Trinajstić information content (AvgIpc) is 2.86. The second-order valence-corrected chi connectivity index (χ2v) is 5.99. The van der Waals surface area contributed by atoms with E-state index >= 15 is 0 Å². The van der Waals surface area contributed by atoms with Gasteiger partial charge in [-0.15, -0.1) is 0 Å². The Balaban J connectivity index is 2.28. The van der Waals surface area contributed by atoms with Gasteiger partial charge in [-0.25, -0.2) is 0 Å². The molecule has 0 saturated carbocycles. The summed E-state index contributed by atoms with van der Waals surface area (Å²) in [6.45, 7) is 4.14. The van der Waals surface area contributed by atoms with E-state index in [1.54, 1.807) is 0 Å². The molecule has 23 heavy (non-hydrogen) atoms. The minimum absolute atomic E-state index is 0.100. The van der Waals surface area contributed by atoms with E-state index in [2.05, 4.69) is 10.3 Å². The predicted molar refractivity (Wildman–Crippen MR) is 92.4 cm³/mol. The number of fused-ring (bicyclic) bond motifs is 1. The lowest BCUT2D eigenvalue weighted by Gasteiger charge is -2.19. The van der Waals surface area contributed by atoms with Crippen molar-refractivity contribution in [1.82, 2.24) is 10.3 Å². The number of ketones is 2. The normalized spacial score (nSPS) is 15.8. The number of hydrogen-bond acceptors (Lipinski definition) is 3. The van der Waals surface area contributed by atoms with Crippen molar-refractivity contribution in [2.45, 2.75) is 13.8 Å². The molecular weight excluding hydrogens is 335 g/mol. The molecule has 1 aliphatic carbocycles. The van der Waals surface area contributed by atoms with E-state index in [1.807, 2.05) is 38.1 Å². The molecule has 4 nitrogen and oxygen atoms in total. The van der Waals surface area contributed by atoms with E-state index < -0.39 is 5.78 Å². The Bertz CT molecular complexity index is 906. The molecule has 1 heterocycles. The lowest BCUT2D eigenvalue weighted by molar-refractivity contribution is -0.114. The van der Waals surface area contributed by atoms with Crippen LogP contribution in [0.25, 0.3) is 16.5 Å². The lowest BCUT2D eigenvalue weighted by atomic mass is 9.91. The van der Waals surface area contributed by atoms with E-state index in [-0.39, 0.29) is 27.1 Å². The van der Waals surface area contributed by atoms with Crippen molar-refractivity contribution < 1.29 is 9.59 Å². The fourth-order valence-corrected chi connectivity index (χ4v) is 3.37. The Kier molecular flexibility index (Phi) is 4.04. The first-order valence-corrected chi connectivity index (χ1v) is 7.93. The van der Waals surface area contributed by atoms with Gasteiger partial charge in [-0.3, -0.25) is 9.59 Å². The molecule has 0 saturated heterocycles. The Hall–Kier alpha value is -2.04. The van der Waals surface area contributed by atoms with Crippen LogP contribution in [0.2, 0.25) is 0 Å². The van der Waals surface area contributed by atoms with Crippen molar-refractivity contribution in [3.63, 3.8) is 0 Å². The van der Waals surface area contributed by atoms with Crippen LogP contribution >= 0.6 is 23.2 Å². The minimum Gasteiger partial charge on any atom is -0.381 e. The van der Waals surface area contributed by atoms with Gasteiger partial charge < -0.3 is 10.3 Å². The largest absolute Gasteiger partial charge is 0.381 e. The van der Waals surface area contributed by atoms with Crippen LogP contribution in [0.5, 0.6) is 0 Å². The third-order valence-corrected chi connectivity index (χ3v) is 4.51. The van der Waals surface area contributed by atoms with Gasteiger partial charge >= 0.3 is 0 Å². The summed E-state index contributed by atoms with van der Waals surface area (Å²) in [7, 11) is 0. The highest BCUT2D eigenvalue weighted by Crippen LogP contribution is 2.38. The molecule has 0 unspecified atom stereocenters. The summed E-state index contributed by atoms with van der Waals surface area (Å²) in [5, 5.41) is 3.40. The molecule has 0 amide bonds. The number of para-hydroxylation sites is 1. The smallest absolute Gasteiger partial charge is 0.218 e. The molecule has 1 aromatic heterocycles. The maximum atomic E-state index is 12.9. The monoisotopic (exact) mass is 348 g/mol. The number of aryl methyl sites for hydroxylation is 1. The third kappa shape index (κ3) is 2.38. The number of nitrogens with one attached hydrogen (secondary N) is 2. The van der Waals surface area contributed by atoms with Crippen molar-refractivity contribution in [3.8, 4) is 0 Å². The quantitative estimate of drug-likeness (QED) is 0.832. The number of aromatic amines is 1. The highest BCUT2D eigenvalue weighted by atomic mass is 35.5. The number of hydrogen-bond donors (Lipinski definition) is 2. The first-order valence-electron chi connectivity index (χ1n) is 7.17. The molecule has 3 rings (SSSR count). The summed E-state index contributed by atoms with van der Waals surface area (Å²) in [5.74, 6) is -0.905. The standard InChI is InChI=1S/C17H14Cl2N2O2/c1-3-20-15-14(19)17(23)13(18)12(16(15)22)11-8(2)21-10-7-5-4-6-9(10)11/h4-7,20-21H,3H2,1-2H3. The minimum atomic E-state index is -0.538. The summed E-state index contributed by atoms with van der Waals surface area (Å²) in [6, 6.07) is 7.56. The van der Waals surface area contributed by atoms with E-state index in [1.165, 1.54) is 0 Å². The number of carbonyl (C=O) groups is 2. The molecule has 2 N–H and O–H groups in total. The van der Waals surface area contributed by atoms with Crippen LogP contribution in [-0.4, -0.2) is 23.1 Å². The van der Waals surface area contributed by atoms with Gasteiger partial charge in [-0.05, 0) is 19.9 Å². The highest BCUT2D eigenvalue weighted by molar-refractivity contribution is 6.63. The topological polar surface area (TPSA) is 62.0 Å². The van der Waals surface area contributed by atoms with Crippen LogP contribution in [-0.2, 0) is 9.59 Å². The molecule has 0 bridgehead atoms. The van der Waals surface area contributed by atoms with Gasteiger partial charge in [0.15, 0.2) is 0 Å². The van der Waals surface area contributed by atoms with Crippen LogP contribution in [0.4, 0.5) is 0 Å². The number of aromatic nitrogens is 1. The number of H-pyrrole nitrogens is 1. The number of Topliss-reactive ketones (excluding diaryl/α,β-unsaturated/α-hetero) is 2. The van der Waals surface area contributed by atoms with Gasteiger partial charge in [-0.2, -0.15) is 0 Å². The van der Waals surface area contributed by atoms with E-state index in [9.17, 15) is 9.59 Å². The Morgan fingerprint density at radius 3 is 2.48 bits per heavy atom. The molecule has 1 aliphatic rings. The zero-order chi connectivity index (χ0) is 16.7. The molecule has 6 heteroatoms. The summed E-state index contributed by atoms with van der Waals surface area (Å²) in [5.41, 5.74) is 2.58. The Labute approximate surface area is 143 Å². The average molecular weight is 349 g/mol. The fraction of sp³-hybridized carbons (Fsp3) is 0.176. The first-order chi connectivity index (χ1) is 11.0. The fourth-order valence-electron chi connectivity index (χ4n) is 2.80. The molecule has 0 aliphatic heterocycles. The molecule has 118 valence electrons. The molecule has 2 aromatic rings. The van der Waals surface area contributed by atoms with Gasteiger partial charge in [0.2, 0.25) is 11.6 Å². The van der Waals surface area contributed by atoms with Crippen LogP contribution < -0.4 is 5.32 Å². The van der Waals surface area contributed by atoms with Crippen molar-refractivity contribution in [1.29, 1.82) is 0 Å². The number of halogens is 2. The van der Waals surface area contributed by atoms with E-state index in [4.69, 9.17) is 23.2 Å². The third-order valence-electron chi connectivity index (χ3n) is 3.79. The Morgan fingerprint density at radius 1 is 1.09 bits per heavy atom. The van der Waals surface area contributed by atoms with E-state index in [0.717, 1.165) is 16.6 Å². The second kappa shape index (κ2) is 5.87. The van der Waals surface area contributed by atoms with Gasteiger partial charge in [0.1, 0.15) is 15.8 Å². The molecule has 0 spiro atoms. The van der Waals surface area contributed by atoms with Crippen molar-refractivity contribution in [2.24, 2.45) is 0 Å². The maximum absolute atomic E-state index is 12.9. The molecule has 0 radical (unpaired) electrons. The van der Waals surface area contributed by atoms with Crippen molar-refractivity contribution in [2.75, 3.05) is 6.54 Å². The number of benzene rings is 1. The predicted octanol–water partition coefficient (Wildman–Crippen LogP) is 3.64. The second-order valence-electron chi connectivity index (χ2n) is 5.24. The van der Waals surface area contributed by atoms with Gasteiger partial charge in [0.25, 0.3) is 0 Å². The van der Waals surface area contributed by atoms with Gasteiger partial charge in [0.05, 0.1) is 5.57 Å². The number of carbonyl (C=O) groups excluding carboxylic acids is 2. The SMILES string of the molecule is CCNC1=C(Cl)C(=O)C(Cl)=C(c2c(C)[nH]c3ccccc23)C1=O. The maximum Gasteiger partial charge on any atom is 0.218 e. The van der Waals surface area contributed by atoms with Crippen LogP contribution in [0.15, 0.2) is 40.0 Å². The number of likely N-dealkylation sites (N-methyl/N-ethyl adjacent to an activating group) is 1. The number of rotatable bonds is 3. The number of allylic oxidation sites excluding steroid dienone is 3. The van der Waals surface area contributed by atoms with Crippen molar-refractivity contribution >= 4 is 51.2 Å². The van der Waals surface area contributed by atoms with Crippen molar-refractivity contribution in [3.05, 3.63) is 51.3 Å². The zero-order valence-corrected chi connectivity index (χ0v) is 14.1. The Morgan fingerprint density at radius 2 is 1.78 bits per heavy atom. The van der Waals surface area contributed by atoms with Gasteiger partial charge in [-0.1, -0.05) is 41.4 Å². The van der Waals surface area contributed by atoms with Gasteiger partial charge in [0, 0.05) is 28.7 Å². The summed E-state index contributed by atoms with van der Waals surface area (Å²) >= 11 is 12.2. The zero-order valence-electron chi connectivity index (χ0n) is 12.6. The van der Waals surface area contributed by atoms with Crippen LogP contribution in [0.3, 0.4) is 0 Å². The first kappa shape index (κ1) is 15.8.